The van der Waals surface area contributed by atoms with Crippen LogP contribution in [0.1, 0.15) is 49.0 Å². The van der Waals surface area contributed by atoms with Gasteiger partial charge < -0.3 is 28.8 Å². The molecule has 0 bridgehead atoms. The van der Waals surface area contributed by atoms with Crippen molar-refractivity contribution in [1.29, 1.82) is 0 Å². The molecule has 0 spiro atoms. The Kier molecular flexibility index (Phi) is 6.88. The number of nitrogens with zero attached hydrogens (tertiary/aromatic N) is 4. The maximum Gasteiger partial charge on any atom is 0.141 e. The number of hydrogen-bond donors (Lipinski definition) is 0. The number of aromatic nitrogens is 4. The normalized spacial score (nSPS) is 15.6. The van der Waals surface area contributed by atoms with Crippen molar-refractivity contribution in [3.63, 3.8) is 0 Å². The van der Waals surface area contributed by atoms with E-state index >= 15 is 0 Å². The minimum atomic E-state index is 0. The van der Waals surface area contributed by atoms with Crippen molar-refractivity contribution in [1.82, 2.24) is 19.7 Å². The minimum absolute atomic E-state index is 0. The lowest BCUT2D eigenvalue weighted by Crippen LogP contribution is -2.21. The first kappa shape index (κ1) is 24.1. The molecular formula is C25H32N4O5. The van der Waals surface area contributed by atoms with E-state index in [0.29, 0.717) is 12.5 Å². The number of methoxy groups -OCH3 is 2. The van der Waals surface area contributed by atoms with Crippen LogP contribution in [0.3, 0.4) is 0 Å². The van der Waals surface area contributed by atoms with E-state index in [1.165, 1.54) is 0 Å². The predicted octanol–water partition coefficient (Wildman–Crippen LogP) is 4.14. The number of pyridine rings is 1. The molecule has 1 aromatic carbocycles. The van der Waals surface area contributed by atoms with Gasteiger partial charge in [-0.2, -0.15) is 0 Å². The van der Waals surface area contributed by atoms with Crippen molar-refractivity contribution < 1.29 is 24.2 Å². The zero-order valence-electron chi connectivity index (χ0n) is 20.3. The summed E-state index contributed by atoms with van der Waals surface area (Å²) in [4.78, 5) is 9.85. The fourth-order valence-electron chi connectivity index (χ4n) is 5.06. The molecule has 9 heteroatoms. The molecule has 1 fully saturated rings. The predicted molar refractivity (Wildman–Crippen MR) is 130 cm³/mol. The average molecular weight is 469 g/mol. The van der Waals surface area contributed by atoms with E-state index in [9.17, 15) is 0 Å². The van der Waals surface area contributed by atoms with Crippen molar-refractivity contribution in [2.45, 2.75) is 45.6 Å². The molecule has 0 radical (unpaired) electrons. The van der Waals surface area contributed by atoms with Gasteiger partial charge in [0.2, 0.25) is 0 Å². The maximum atomic E-state index is 5.84. The van der Waals surface area contributed by atoms with Crippen LogP contribution in [-0.2, 0) is 9.47 Å². The number of aryl methyl sites for hydroxylation is 2. The molecule has 5 rings (SSSR count). The van der Waals surface area contributed by atoms with E-state index in [1.54, 1.807) is 14.2 Å². The minimum Gasteiger partial charge on any atom is -0.496 e. The Bertz CT molecular complexity index is 1290. The van der Waals surface area contributed by atoms with Crippen LogP contribution in [0.2, 0.25) is 0 Å². The lowest BCUT2D eigenvalue weighted by atomic mass is 9.99. The molecule has 4 heterocycles. The van der Waals surface area contributed by atoms with Crippen LogP contribution in [-0.4, -0.2) is 59.2 Å². The van der Waals surface area contributed by atoms with Gasteiger partial charge in [-0.25, -0.2) is 4.98 Å². The van der Waals surface area contributed by atoms with Gasteiger partial charge in [0.05, 0.1) is 48.2 Å². The Balaban J connectivity index is 0.00000274. The van der Waals surface area contributed by atoms with Crippen molar-refractivity contribution in [2.24, 2.45) is 0 Å². The van der Waals surface area contributed by atoms with Crippen LogP contribution in [0.25, 0.3) is 33.1 Å². The SMILES string of the molecule is COCC(C)n1c(C2CCOCC2)nc2cnc3cc(-c4c(C)noc4C)c(OC)cc3c21.O. The summed E-state index contributed by atoms with van der Waals surface area (Å²) in [5.41, 5.74) is 5.52. The van der Waals surface area contributed by atoms with E-state index in [-0.39, 0.29) is 11.5 Å². The molecule has 1 aliphatic heterocycles. The largest absolute Gasteiger partial charge is 0.496 e. The molecule has 0 amide bonds. The number of benzene rings is 1. The third-order valence-electron chi connectivity index (χ3n) is 6.60. The summed E-state index contributed by atoms with van der Waals surface area (Å²) >= 11 is 0. The number of fused-ring (bicyclic) bond motifs is 3. The molecule has 3 aromatic heterocycles. The second-order valence-corrected chi connectivity index (χ2v) is 8.79. The van der Waals surface area contributed by atoms with Crippen molar-refractivity contribution >= 4 is 21.9 Å². The second kappa shape index (κ2) is 9.69. The summed E-state index contributed by atoms with van der Waals surface area (Å²) in [5, 5.41) is 5.13. The Hall–Kier alpha value is -3.01. The fourth-order valence-corrected chi connectivity index (χ4v) is 5.06. The van der Waals surface area contributed by atoms with Gasteiger partial charge in [0.15, 0.2) is 0 Å². The van der Waals surface area contributed by atoms with Gasteiger partial charge >= 0.3 is 0 Å². The molecule has 34 heavy (non-hydrogen) atoms. The van der Waals surface area contributed by atoms with E-state index in [0.717, 1.165) is 82.1 Å². The fraction of sp³-hybridized carbons (Fsp3) is 0.480. The molecule has 9 nitrogen and oxygen atoms in total. The second-order valence-electron chi connectivity index (χ2n) is 8.79. The van der Waals surface area contributed by atoms with E-state index in [4.69, 9.17) is 28.7 Å². The van der Waals surface area contributed by atoms with E-state index < -0.39 is 0 Å². The summed E-state index contributed by atoms with van der Waals surface area (Å²) < 4.78 is 24.7. The highest BCUT2D eigenvalue weighted by Gasteiger charge is 2.27. The van der Waals surface area contributed by atoms with Gasteiger partial charge in [0.1, 0.15) is 22.9 Å². The first-order chi connectivity index (χ1) is 16.0. The third kappa shape index (κ3) is 3.93. The average Bonchev–Trinajstić information content (AvgIpc) is 3.38. The zero-order valence-corrected chi connectivity index (χ0v) is 20.3. The molecule has 0 aliphatic carbocycles. The van der Waals surface area contributed by atoms with Crippen molar-refractivity contribution in [3.8, 4) is 16.9 Å². The van der Waals surface area contributed by atoms with E-state index in [2.05, 4.69) is 28.8 Å². The molecule has 2 N–H and O–H groups in total. The third-order valence-corrected chi connectivity index (χ3v) is 6.60. The van der Waals surface area contributed by atoms with Gasteiger partial charge in [0.25, 0.3) is 0 Å². The zero-order chi connectivity index (χ0) is 23.1. The van der Waals surface area contributed by atoms with Crippen LogP contribution < -0.4 is 4.74 Å². The van der Waals surface area contributed by atoms with Gasteiger partial charge in [0, 0.05) is 37.2 Å². The number of imidazole rings is 1. The maximum absolute atomic E-state index is 5.84. The summed E-state index contributed by atoms with van der Waals surface area (Å²) in [6.45, 7) is 8.15. The Morgan fingerprint density at radius 1 is 1.15 bits per heavy atom. The Morgan fingerprint density at radius 3 is 2.56 bits per heavy atom. The summed E-state index contributed by atoms with van der Waals surface area (Å²) in [6.07, 6.45) is 3.81. The summed E-state index contributed by atoms with van der Waals surface area (Å²) in [5.74, 6) is 2.95. The first-order valence-corrected chi connectivity index (χ1v) is 11.4. The van der Waals surface area contributed by atoms with Gasteiger partial charge in [-0.3, -0.25) is 4.98 Å². The van der Waals surface area contributed by atoms with Gasteiger partial charge in [-0.15, -0.1) is 0 Å². The number of ether oxygens (including phenoxy) is 3. The highest BCUT2D eigenvalue weighted by molar-refractivity contribution is 6.05. The quantitative estimate of drug-likeness (QED) is 0.417. The molecule has 182 valence electrons. The molecule has 1 aliphatic rings. The van der Waals surface area contributed by atoms with E-state index in [1.807, 2.05) is 20.0 Å². The number of rotatable bonds is 6. The van der Waals surface area contributed by atoms with Crippen LogP contribution in [0.4, 0.5) is 0 Å². The molecular weight excluding hydrogens is 436 g/mol. The van der Waals surface area contributed by atoms with Crippen molar-refractivity contribution in [2.75, 3.05) is 34.0 Å². The van der Waals surface area contributed by atoms with Crippen molar-refractivity contribution in [3.05, 3.63) is 35.6 Å². The molecule has 1 saturated heterocycles. The standard InChI is InChI=1S/C25H30N4O4.H2O/c1-14(13-30-4)29-24-18-11-22(31-5)19(23-15(2)28-33-16(23)3)10-20(18)26-12-21(24)27-25(29)17-6-8-32-9-7-17;/h10-12,14,17H,6-9,13H2,1-5H3;1H2. The number of hydrogen-bond acceptors (Lipinski definition) is 7. The van der Waals surface area contributed by atoms with Crippen LogP contribution in [0, 0.1) is 13.8 Å². The highest BCUT2D eigenvalue weighted by Crippen LogP contribution is 2.40. The highest BCUT2D eigenvalue weighted by atomic mass is 16.5. The molecule has 4 aromatic rings. The summed E-state index contributed by atoms with van der Waals surface area (Å²) in [6, 6.07) is 4.25. The first-order valence-electron chi connectivity index (χ1n) is 11.4. The lowest BCUT2D eigenvalue weighted by molar-refractivity contribution is 0.0817. The molecule has 1 unspecified atom stereocenters. The lowest BCUT2D eigenvalue weighted by Gasteiger charge is -2.25. The van der Waals surface area contributed by atoms with Crippen LogP contribution in [0.15, 0.2) is 22.9 Å². The van der Waals surface area contributed by atoms with Crippen LogP contribution in [0.5, 0.6) is 5.75 Å². The van der Waals surface area contributed by atoms with Gasteiger partial charge in [-0.1, -0.05) is 5.16 Å². The Morgan fingerprint density at radius 2 is 1.91 bits per heavy atom. The monoisotopic (exact) mass is 468 g/mol. The molecule has 1 atom stereocenters. The smallest absolute Gasteiger partial charge is 0.141 e. The van der Waals surface area contributed by atoms with Crippen LogP contribution >= 0.6 is 0 Å². The van der Waals surface area contributed by atoms with Gasteiger partial charge in [-0.05, 0) is 45.7 Å². The topological polar surface area (TPSA) is 116 Å². The summed E-state index contributed by atoms with van der Waals surface area (Å²) in [7, 11) is 3.43. The Labute approximate surface area is 198 Å². The molecule has 0 saturated carbocycles.